The van der Waals surface area contributed by atoms with Crippen molar-refractivity contribution >= 4 is 11.9 Å². The van der Waals surface area contributed by atoms with Crippen LogP contribution in [0.25, 0.3) is 0 Å². The summed E-state index contributed by atoms with van der Waals surface area (Å²) in [6.07, 6.45) is 2.99. The average Bonchev–Trinajstić information content (AvgIpc) is 2.58. The number of carbonyl (C=O) groups excluding carboxylic acids is 2. The number of phenolic OH excluding ortho intramolecular Hbond substituents is 1. The SMILES string of the molecule is Cc1cccc(C(=O)O[C@H](C)C(=O)NC2(C#N)CCCCC2)c1O. The van der Waals surface area contributed by atoms with Gasteiger partial charge in [0.15, 0.2) is 6.10 Å². The molecule has 0 bridgehead atoms. The van der Waals surface area contributed by atoms with Crippen molar-refractivity contribution in [2.45, 2.75) is 57.6 Å². The second-order valence-corrected chi connectivity index (χ2v) is 6.26. The minimum Gasteiger partial charge on any atom is -0.507 e. The standard InChI is InChI=1S/C18H22N2O4/c1-12-7-6-8-14(15(12)21)17(23)24-13(2)16(22)20-18(11-19)9-4-3-5-10-18/h6-8,13,21H,3-5,9-10H2,1-2H3,(H,20,22)/t13-/m1/s1. The maximum Gasteiger partial charge on any atom is 0.342 e. The van der Waals surface area contributed by atoms with Crippen LogP contribution in [-0.4, -0.2) is 28.6 Å². The Balaban J connectivity index is 2.02. The molecule has 128 valence electrons. The number of nitriles is 1. The first-order valence-electron chi connectivity index (χ1n) is 8.11. The number of aromatic hydroxyl groups is 1. The van der Waals surface area contributed by atoms with E-state index in [0.717, 1.165) is 19.3 Å². The van der Waals surface area contributed by atoms with Gasteiger partial charge in [-0.3, -0.25) is 4.79 Å². The molecule has 1 fully saturated rings. The summed E-state index contributed by atoms with van der Waals surface area (Å²) in [7, 11) is 0. The van der Waals surface area contributed by atoms with Gasteiger partial charge >= 0.3 is 5.97 Å². The van der Waals surface area contributed by atoms with E-state index in [4.69, 9.17) is 4.74 Å². The number of benzene rings is 1. The first kappa shape index (κ1) is 17.8. The maximum atomic E-state index is 12.3. The topological polar surface area (TPSA) is 99.4 Å². The molecular weight excluding hydrogens is 308 g/mol. The fraction of sp³-hybridized carbons (Fsp3) is 0.500. The summed E-state index contributed by atoms with van der Waals surface area (Å²) in [5.74, 6) is -1.43. The number of ether oxygens (including phenoxy) is 1. The van der Waals surface area contributed by atoms with Crippen LogP contribution in [-0.2, 0) is 9.53 Å². The van der Waals surface area contributed by atoms with E-state index in [1.165, 1.54) is 13.0 Å². The van der Waals surface area contributed by atoms with Crippen molar-refractivity contribution in [1.82, 2.24) is 5.32 Å². The second kappa shape index (κ2) is 7.35. The molecule has 0 heterocycles. The molecule has 24 heavy (non-hydrogen) atoms. The van der Waals surface area contributed by atoms with E-state index < -0.39 is 23.5 Å². The third kappa shape index (κ3) is 3.85. The van der Waals surface area contributed by atoms with Crippen molar-refractivity contribution in [1.29, 1.82) is 5.26 Å². The largest absolute Gasteiger partial charge is 0.507 e. The average molecular weight is 330 g/mol. The number of nitrogens with one attached hydrogen (secondary N) is 1. The summed E-state index contributed by atoms with van der Waals surface area (Å²) < 4.78 is 5.14. The van der Waals surface area contributed by atoms with E-state index in [0.29, 0.717) is 18.4 Å². The van der Waals surface area contributed by atoms with Crippen LogP contribution in [0.1, 0.15) is 54.9 Å². The summed E-state index contributed by atoms with van der Waals surface area (Å²) in [6.45, 7) is 3.12. The van der Waals surface area contributed by atoms with E-state index >= 15 is 0 Å². The van der Waals surface area contributed by atoms with Gasteiger partial charge in [-0.2, -0.15) is 5.26 Å². The first-order chi connectivity index (χ1) is 11.4. The van der Waals surface area contributed by atoms with Gasteiger partial charge in [-0.1, -0.05) is 31.4 Å². The van der Waals surface area contributed by atoms with Gasteiger partial charge in [-0.05, 0) is 38.3 Å². The van der Waals surface area contributed by atoms with Gasteiger partial charge in [-0.25, -0.2) is 4.79 Å². The van der Waals surface area contributed by atoms with E-state index in [1.807, 2.05) is 0 Å². The van der Waals surface area contributed by atoms with E-state index in [9.17, 15) is 20.0 Å². The lowest BCUT2D eigenvalue weighted by Crippen LogP contribution is -2.52. The number of esters is 1. The zero-order chi connectivity index (χ0) is 17.7. The Morgan fingerprint density at radius 3 is 2.62 bits per heavy atom. The van der Waals surface area contributed by atoms with Gasteiger partial charge in [0.05, 0.1) is 6.07 Å². The van der Waals surface area contributed by atoms with Crippen LogP contribution in [0.5, 0.6) is 5.75 Å². The highest BCUT2D eigenvalue weighted by Gasteiger charge is 2.35. The molecule has 1 atom stereocenters. The van der Waals surface area contributed by atoms with Gasteiger partial charge in [0.1, 0.15) is 16.9 Å². The van der Waals surface area contributed by atoms with E-state index in [1.54, 1.807) is 19.1 Å². The molecule has 1 saturated carbocycles. The Morgan fingerprint density at radius 1 is 1.33 bits per heavy atom. The lowest BCUT2D eigenvalue weighted by Gasteiger charge is -2.32. The Kier molecular flexibility index (Phi) is 5.45. The fourth-order valence-corrected chi connectivity index (χ4v) is 2.86. The molecular formula is C18H22N2O4. The number of para-hydroxylation sites is 1. The third-order valence-electron chi connectivity index (χ3n) is 4.39. The van der Waals surface area contributed by atoms with Crippen LogP contribution < -0.4 is 5.32 Å². The summed E-state index contributed by atoms with van der Waals surface area (Å²) in [5.41, 5.74) is -0.309. The molecule has 0 unspecified atom stereocenters. The lowest BCUT2D eigenvalue weighted by molar-refractivity contribution is -0.130. The number of phenols is 1. The quantitative estimate of drug-likeness (QED) is 0.827. The van der Waals surface area contributed by atoms with Crippen LogP contribution in [0, 0.1) is 18.3 Å². The van der Waals surface area contributed by atoms with Crippen molar-refractivity contribution in [3.63, 3.8) is 0 Å². The molecule has 1 amide bonds. The van der Waals surface area contributed by atoms with Crippen molar-refractivity contribution in [3.05, 3.63) is 29.3 Å². The molecule has 0 radical (unpaired) electrons. The molecule has 6 nitrogen and oxygen atoms in total. The van der Waals surface area contributed by atoms with Crippen LogP contribution in [0.15, 0.2) is 18.2 Å². The molecule has 2 rings (SSSR count). The smallest absolute Gasteiger partial charge is 0.342 e. The molecule has 0 saturated heterocycles. The summed E-state index contributed by atoms with van der Waals surface area (Å²) in [4.78, 5) is 24.4. The van der Waals surface area contributed by atoms with Crippen molar-refractivity contribution in [3.8, 4) is 11.8 Å². The molecule has 0 aliphatic heterocycles. The highest BCUT2D eigenvalue weighted by Crippen LogP contribution is 2.28. The molecule has 1 aliphatic carbocycles. The van der Waals surface area contributed by atoms with Crippen LogP contribution in [0.4, 0.5) is 0 Å². The predicted octanol–water partition coefficient (Wildman–Crippen LogP) is 2.59. The maximum absolute atomic E-state index is 12.3. The van der Waals surface area contributed by atoms with Crippen molar-refractivity contribution in [2.24, 2.45) is 0 Å². The predicted molar refractivity (Wildman–Crippen MR) is 87.3 cm³/mol. The number of aryl methyl sites for hydroxylation is 1. The van der Waals surface area contributed by atoms with E-state index in [-0.39, 0.29) is 11.3 Å². The molecule has 1 aliphatic rings. The zero-order valence-corrected chi connectivity index (χ0v) is 14.0. The van der Waals surface area contributed by atoms with Gasteiger partial charge < -0.3 is 15.2 Å². The number of nitrogens with zero attached hydrogens (tertiary/aromatic N) is 1. The minimum atomic E-state index is -1.05. The zero-order valence-electron chi connectivity index (χ0n) is 14.0. The van der Waals surface area contributed by atoms with Gasteiger partial charge in [0, 0.05) is 0 Å². The summed E-state index contributed by atoms with van der Waals surface area (Å²) in [6, 6.07) is 6.93. The Morgan fingerprint density at radius 2 is 2.00 bits per heavy atom. The third-order valence-corrected chi connectivity index (χ3v) is 4.39. The van der Waals surface area contributed by atoms with Crippen molar-refractivity contribution < 1.29 is 19.4 Å². The van der Waals surface area contributed by atoms with Gasteiger partial charge in [-0.15, -0.1) is 0 Å². The highest BCUT2D eigenvalue weighted by atomic mass is 16.5. The molecule has 1 aromatic carbocycles. The minimum absolute atomic E-state index is 0.0160. The number of rotatable bonds is 4. The number of hydrogen-bond donors (Lipinski definition) is 2. The molecule has 0 aromatic heterocycles. The number of amides is 1. The Labute approximate surface area is 141 Å². The fourth-order valence-electron chi connectivity index (χ4n) is 2.86. The van der Waals surface area contributed by atoms with Gasteiger partial charge in [0.25, 0.3) is 5.91 Å². The summed E-state index contributed by atoms with van der Waals surface area (Å²) >= 11 is 0. The molecule has 2 N–H and O–H groups in total. The molecule has 0 spiro atoms. The van der Waals surface area contributed by atoms with E-state index in [2.05, 4.69) is 11.4 Å². The Hall–Kier alpha value is -2.55. The summed E-state index contributed by atoms with van der Waals surface area (Å²) in [5, 5.41) is 22.0. The lowest BCUT2D eigenvalue weighted by atomic mass is 9.83. The van der Waals surface area contributed by atoms with Crippen molar-refractivity contribution in [2.75, 3.05) is 0 Å². The Bertz CT molecular complexity index is 672. The van der Waals surface area contributed by atoms with Crippen LogP contribution in [0.2, 0.25) is 0 Å². The molecule has 6 heteroatoms. The molecule has 1 aromatic rings. The van der Waals surface area contributed by atoms with Crippen LogP contribution >= 0.6 is 0 Å². The highest BCUT2D eigenvalue weighted by molar-refractivity contribution is 5.95. The number of carbonyl (C=O) groups is 2. The van der Waals surface area contributed by atoms with Gasteiger partial charge in [0.2, 0.25) is 0 Å². The normalized spacial score (nSPS) is 17.4. The first-order valence-corrected chi connectivity index (χ1v) is 8.11. The van der Waals surface area contributed by atoms with Crippen LogP contribution in [0.3, 0.4) is 0 Å². The number of hydrogen-bond acceptors (Lipinski definition) is 5. The second-order valence-electron chi connectivity index (χ2n) is 6.26. The monoisotopic (exact) mass is 330 g/mol.